The summed E-state index contributed by atoms with van der Waals surface area (Å²) in [6, 6.07) is 5.95. The van der Waals surface area contributed by atoms with Gasteiger partial charge in [-0.3, -0.25) is 16.7 Å². The average molecular weight is 205 g/mol. The molecule has 0 unspecified atom stereocenters. The van der Waals surface area contributed by atoms with Crippen LogP contribution in [0.15, 0.2) is 29.4 Å². The third kappa shape index (κ3) is 6.51. The average Bonchev–Trinajstić information content (AvgIpc) is 2.05. The van der Waals surface area contributed by atoms with Gasteiger partial charge in [0, 0.05) is 6.20 Å². The van der Waals surface area contributed by atoms with E-state index in [0.717, 1.165) is 5.03 Å². The zero-order valence-corrected chi connectivity index (χ0v) is 9.86. The van der Waals surface area contributed by atoms with Crippen LogP contribution in [0.1, 0.15) is 13.8 Å². The molecule has 0 aromatic carbocycles. The van der Waals surface area contributed by atoms with Gasteiger partial charge in [-0.1, -0.05) is 19.9 Å². The quantitative estimate of drug-likeness (QED) is 0.402. The van der Waals surface area contributed by atoms with Crippen LogP contribution >= 0.6 is 23.5 Å². The number of hydrogen-bond acceptors (Lipinski definition) is 3. The summed E-state index contributed by atoms with van der Waals surface area (Å²) < 4.78 is 0. The molecule has 1 aromatic heterocycles. The minimum Gasteiger partial charge on any atom is -0.338 e. The van der Waals surface area contributed by atoms with Crippen LogP contribution in [0.25, 0.3) is 0 Å². The Labute approximate surface area is 101 Å². The van der Waals surface area contributed by atoms with Crippen molar-refractivity contribution in [1.82, 2.24) is 4.98 Å². The smallest absolute Gasteiger partial charge is 0.338 e. The van der Waals surface area contributed by atoms with Crippen LogP contribution in [0, 0.1) is 5.08 Å². The second kappa shape index (κ2) is 7.81. The topological polar surface area (TPSA) is 12.9 Å². The number of hydrogen-bond donors (Lipinski definition) is 0. The summed E-state index contributed by atoms with van der Waals surface area (Å²) in [5.41, 5.74) is 0. The van der Waals surface area contributed by atoms with Crippen molar-refractivity contribution >= 4 is 23.5 Å². The second-order valence-electron chi connectivity index (χ2n) is 2.57. The minimum absolute atomic E-state index is 0. The fourth-order valence-corrected chi connectivity index (χ4v) is 2.39. The molecule has 66 valence electrons. The Kier molecular flexibility index (Phi) is 8.08. The van der Waals surface area contributed by atoms with Crippen molar-refractivity contribution in [3.8, 4) is 0 Å². The van der Waals surface area contributed by atoms with Gasteiger partial charge in [-0.05, 0) is 17.4 Å². The van der Waals surface area contributed by atoms with Crippen molar-refractivity contribution in [3.63, 3.8) is 0 Å². The molecule has 0 radical (unpaired) electrons. The Bertz CT molecular complexity index is 216. The molecule has 0 aliphatic rings. The first kappa shape index (κ1) is 13.4. The standard InChI is InChI=1S/C9H12NS2.Li/c1-8(2)11-7-12-9-5-3-4-6-10-9;/h3-8H,1-2H3;/q-1;+1. The zero-order chi connectivity index (χ0) is 8.81. The first-order valence-electron chi connectivity index (χ1n) is 3.84. The van der Waals surface area contributed by atoms with Gasteiger partial charge in [-0.2, -0.15) is 0 Å². The van der Waals surface area contributed by atoms with Gasteiger partial charge >= 0.3 is 18.9 Å². The summed E-state index contributed by atoms with van der Waals surface area (Å²) in [6.45, 7) is 4.36. The molecule has 0 saturated heterocycles. The maximum absolute atomic E-state index is 4.19. The molecular formula is C9H12LiNS2. The predicted octanol–water partition coefficient (Wildman–Crippen LogP) is 0.439. The van der Waals surface area contributed by atoms with E-state index >= 15 is 0 Å². The molecule has 0 fully saturated rings. The molecule has 0 saturated carbocycles. The van der Waals surface area contributed by atoms with Crippen molar-refractivity contribution in [3.05, 3.63) is 29.5 Å². The van der Waals surface area contributed by atoms with Crippen LogP contribution in [0.4, 0.5) is 0 Å². The molecule has 1 nitrogen and oxygen atoms in total. The molecule has 4 heteroatoms. The van der Waals surface area contributed by atoms with Gasteiger partial charge in [-0.25, -0.2) is 5.08 Å². The zero-order valence-electron chi connectivity index (χ0n) is 8.23. The van der Waals surface area contributed by atoms with Crippen LogP contribution in [0.2, 0.25) is 0 Å². The number of thioether (sulfide) groups is 2. The fourth-order valence-electron chi connectivity index (χ4n) is 0.605. The normalized spacial score (nSPS) is 9.77. The van der Waals surface area contributed by atoms with Gasteiger partial charge in [0.25, 0.3) is 0 Å². The van der Waals surface area contributed by atoms with Gasteiger partial charge in [-0.15, -0.1) is 0 Å². The van der Waals surface area contributed by atoms with Gasteiger partial charge in [0.05, 0.1) is 5.03 Å². The van der Waals surface area contributed by atoms with Crippen LogP contribution in [-0.2, 0) is 0 Å². The van der Waals surface area contributed by atoms with E-state index in [4.69, 9.17) is 0 Å². The maximum Gasteiger partial charge on any atom is 1.00 e. The van der Waals surface area contributed by atoms with Crippen LogP contribution in [0.5, 0.6) is 0 Å². The van der Waals surface area contributed by atoms with E-state index in [1.807, 2.05) is 36.2 Å². The van der Waals surface area contributed by atoms with Crippen LogP contribution < -0.4 is 18.9 Å². The van der Waals surface area contributed by atoms with Crippen molar-refractivity contribution in [2.75, 3.05) is 0 Å². The number of aromatic nitrogens is 1. The minimum atomic E-state index is 0. The Balaban J connectivity index is 0.00000144. The predicted molar refractivity (Wildman–Crippen MR) is 57.1 cm³/mol. The van der Waals surface area contributed by atoms with Gasteiger partial charge < -0.3 is 11.8 Å². The maximum atomic E-state index is 4.19. The Hall–Kier alpha value is 0.447. The van der Waals surface area contributed by atoms with E-state index in [2.05, 4.69) is 23.9 Å². The molecule has 0 atom stereocenters. The first-order chi connectivity index (χ1) is 5.79. The van der Waals surface area contributed by atoms with Gasteiger partial charge in [0.2, 0.25) is 0 Å². The molecule has 13 heavy (non-hydrogen) atoms. The molecule has 1 rings (SSSR count). The number of nitrogens with zero attached hydrogens (tertiary/aromatic N) is 1. The second-order valence-corrected chi connectivity index (χ2v) is 5.21. The SMILES string of the molecule is CC(C)S[CH-]Sc1ccccn1.[Li+]. The molecule has 0 amide bonds. The fraction of sp³-hybridized carbons (Fsp3) is 0.333. The Morgan fingerprint density at radius 3 is 2.69 bits per heavy atom. The van der Waals surface area contributed by atoms with E-state index in [0.29, 0.717) is 5.25 Å². The summed E-state index contributed by atoms with van der Waals surface area (Å²) in [5, 5.41) is 3.85. The first-order valence-corrected chi connectivity index (χ1v) is 5.66. The van der Waals surface area contributed by atoms with Gasteiger partial charge in [0.1, 0.15) is 0 Å². The largest absolute Gasteiger partial charge is 1.00 e. The molecule has 0 bridgehead atoms. The summed E-state index contributed by atoms with van der Waals surface area (Å²) in [4.78, 5) is 4.19. The number of rotatable bonds is 4. The molecular weight excluding hydrogens is 193 g/mol. The van der Waals surface area contributed by atoms with Crippen LogP contribution in [-0.4, -0.2) is 10.2 Å². The summed E-state index contributed by atoms with van der Waals surface area (Å²) in [7, 11) is 0. The summed E-state index contributed by atoms with van der Waals surface area (Å²) in [5.74, 6) is 0. The van der Waals surface area contributed by atoms with E-state index in [1.54, 1.807) is 11.8 Å². The van der Waals surface area contributed by atoms with E-state index in [9.17, 15) is 0 Å². The van der Waals surface area contributed by atoms with E-state index in [1.165, 1.54) is 0 Å². The van der Waals surface area contributed by atoms with Crippen molar-refractivity contribution in [1.29, 1.82) is 0 Å². The molecule has 0 N–H and O–H groups in total. The molecule has 0 aliphatic heterocycles. The van der Waals surface area contributed by atoms with E-state index in [-0.39, 0.29) is 18.9 Å². The summed E-state index contributed by atoms with van der Waals surface area (Å²) >= 11 is 3.50. The monoisotopic (exact) mass is 205 g/mol. The number of pyridine rings is 1. The molecule has 0 spiro atoms. The van der Waals surface area contributed by atoms with Crippen molar-refractivity contribution in [2.45, 2.75) is 24.1 Å². The van der Waals surface area contributed by atoms with Crippen LogP contribution in [0.3, 0.4) is 0 Å². The molecule has 0 aliphatic carbocycles. The van der Waals surface area contributed by atoms with Gasteiger partial charge in [0.15, 0.2) is 0 Å². The van der Waals surface area contributed by atoms with Crippen molar-refractivity contribution in [2.24, 2.45) is 0 Å². The van der Waals surface area contributed by atoms with E-state index < -0.39 is 0 Å². The molecule has 1 heterocycles. The Morgan fingerprint density at radius 2 is 2.15 bits per heavy atom. The summed E-state index contributed by atoms with van der Waals surface area (Å²) in [6.07, 6.45) is 1.82. The third-order valence-corrected chi connectivity index (χ3v) is 2.99. The third-order valence-electron chi connectivity index (χ3n) is 1.13. The Morgan fingerprint density at radius 1 is 1.38 bits per heavy atom. The van der Waals surface area contributed by atoms with Crippen molar-refractivity contribution < 1.29 is 18.9 Å². The molecule has 1 aromatic rings.